The maximum atomic E-state index is 11.9. The van der Waals surface area contributed by atoms with E-state index in [1.807, 2.05) is 31.2 Å². The lowest BCUT2D eigenvalue weighted by Crippen LogP contribution is -2.09. The summed E-state index contributed by atoms with van der Waals surface area (Å²) in [7, 11) is 0. The smallest absolute Gasteiger partial charge is 0.340 e. The summed E-state index contributed by atoms with van der Waals surface area (Å²) < 4.78 is 5.20. The molecule has 3 rings (SSSR count). The number of benzene rings is 1. The first kappa shape index (κ1) is 13.9. The summed E-state index contributed by atoms with van der Waals surface area (Å²) in [6, 6.07) is 10.8. The number of nitrogens with zero attached hydrogens (tertiary/aromatic N) is 3. The number of hydrogen-bond acceptors (Lipinski definition) is 6. The normalized spacial score (nSPS) is 10.6. The molecule has 0 amide bonds. The molecule has 3 aromatic rings. The first-order chi connectivity index (χ1) is 10.6. The number of para-hydroxylation sites is 1. The minimum absolute atomic E-state index is 0.0399. The minimum atomic E-state index is -0.470. The number of carbonyl (C=O) groups is 1. The molecule has 0 saturated heterocycles. The average molecular weight is 294 g/mol. The van der Waals surface area contributed by atoms with Crippen molar-refractivity contribution in [1.29, 1.82) is 0 Å². The molecule has 22 heavy (non-hydrogen) atoms. The van der Waals surface area contributed by atoms with Crippen LogP contribution >= 0.6 is 0 Å². The molecule has 0 unspecified atom stereocenters. The summed E-state index contributed by atoms with van der Waals surface area (Å²) in [6.45, 7) is 1.81. The Morgan fingerprint density at radius 2 is 2.00 bits per heavy atom. The molecule has 0 fully saturated rings. The maximum Gasteiger partial charge on any atom is 0.340 e. The fraction of sp³-hybridized carbons (Fsp3) is 0.125. The zero-order valence-corrected chi connectivity index (χ0v) is 12.0. The fourth-order valence-corrected chi connectivity index (χ4v) is 2.02. The molecular weight excluding hydrogens is 280 g/mol. The number of carbonyl (C=O) groups excluding carboxylic acids is 1. The second kappa shape index (κ2) is 5.77. The van der Waals surface area contributed by atoms with Crippen LogP contribution in [-0.4, -0.2) is 20.9 Å². The number of nitrogen functional groups attached to an aromatic ring is 1. The van der Waals surface area contributed by atoms with Gasteiger partial charge in [-0.25, -0.2) is 14.8 Å². The van der Waals surface area contributed by atoms with Gasteiger partial charge >= 0.3 is 5.97 Å². The van der Waals surface area contributed by atoms with Crippen LogP contribution in [0.15, 0.2) is 42.6 Å². The third kappa shape index (κ3) is 2.85. The molecule has 6 heteroatoms. The van der Waals surface area contributed by atoms with Crippen LogP contribution in [0.3, 0.4) is 0 Å². The van der Waals surface area contributed by atoms with Crippen molar-refractivity contribution >= 4 is 22.7 Å². The summed E-state index contributed by atoms with van der Waals surface area (Å²) >= 11 is 0. The monoisotopic (exact) mass is 294 g/mol. The van der Waals surface area contributed by atoms with Gasteiger partial charge < -0.3 is 10.5 Å². The van der Waals surface area contributed by atoms with Gasteiger partial charge in [0.05, 0.1) is 11.1 Å². The third-order valence-corrected chi connectivity index (χ3v) is 3.16. The van der Waals surface area contributed by atoms with E-state index in [4.69, 9.17) is 10.5 Å². The highest BCUT2D eigenvalue weighted by atomic mass is 16.5. The second-order valence-corrected chi connectivity index (χ2v) is 4.81. The number of aryl methyl sites for hydroxylation is 1. The SMILES string of the molecule is Cc1ccc(C(=O)OCc2nc(N)c3ccccc3n2)cn1. The Balaban J connectivity index is 1.76. The van der Waals surface area contributed by atoms with Crippen molar-refractivity contribution in [2.24, 2.45) is 0 Å². The lowest BCUT2D eigenvalue weighted by atomic mass is 10.2. The van der Waals surface area contributed by atoms with Crippen molar-refractivity contribution in [3.63, 3.8) is 0 Å². The van der Waals surface area contributed by atoms with E-state index in [1.165, 1.54) is 6.20 Å². The van der Waals surface area contributed by atoms with E-state index in [0.717, 1.165) is 16.6 Å². The molecule has 0 aliphatic carbocycles. The minimum Gasteiger partial charge on any atom is -0.454 e. The Morgan fingerprint density at radius 3 is 2.77 bits per heavy atom. The number of ether oxygens (including phenoxy) is 1. The van der Waals surface area contributed by atoms with Crippen molar-refractivity contribution in [1.82, 2.24) is 15.0 Å². The fourth-order valence-electron chi connectivity index (χ4n) is 2.02. The maximum absolute atomic E-state index is 11.9. The number of esters is 1. The molecule has 0 aliphatic heterocycles. The summed E-state index contributed by atoms with van der Waals surface area (Å²) in [5.74, 6) is 0.265. The van der Waals surface area contributed by atoms with Crippen molar-refractivity contribution < 1.29 is 9.53 Å². The molecule has 0 saturated carbocycles. The summed E-state index contributed by atoms with van der Waals surface area (Å²) in [4.78, 5) is 24.5. The first-order valence-electron chi connectivity index (χ1n) is 6.74. The molecule has 0 atom stereocenters. The number of hydrogen-bond donors (Lipinski definition) is 1. The highest BCUT2D eigenvalue weighted by Gasteiger charge is 2.10. The average Bonchev–Trinajstić information content (AvgIpc) is 2.53. The number of aromatic nitrogens is 3. The quantitative estimate of drug-likeness (QED) is 0.745. The Hall–Kier alpha value is -3.02. The van der Waals surface area contributed by atoms with E-state index in [-0.39, 0.29) is 6.61 Å². The molecule has 2 aromatic heterocycles. The number of pyridine rings is 1. The molecule has 0 aliphatic rings. The van der Waals surface area contributed by atoms with Crippen LogP contribution in [0.2, 0.25) is 0 Å². The van der Waals surface area contributed by atoms with Crippen LogP contribution in [-0.2, 0) is 11.3 Å². The molecular formula is C16H14N4O2. The standard InChI is InChI=1S/C16H14N4O2/c1-10-6-7-11(8-18-10)16(21)22-9-14-19-13-5-3-2-4-12(13)15(17)20-14/h2-8H,9H2,1H3,(H2,17,19,20). The number of anilines is 1. The van der Waals surface area contributed by atoms with Gasteiger partial charge in [-0.3, -0.25) is 4.98 Å². The van der Waals surface area contributed by atoms with Gasteiger partial charge in [0.1, 0.15) is 5.82 Å². The Morgan fingerprint density at radius 1 is 1.18 bits per heavy atom. The van der Waals surface area contributed by atoms with E-state index in [1.54, 1.807) is 12.1 Å². The molecule has 6 nitrogen and oxygen atoms in total. The van der Waals surface area contributed by atoms with E-state index in [9.17, 15) is 4.79 Å². The van der Waals surface area contributed by atoms with Gasteiger partial charge in [0.25, 0.3) is 0 Å². The zero-order valence-electron chi connectivity index (χ0n) is 12.0. The molecule has 0 spiro atoms. The summed E-state index contributed by atoms with van der Waals surface area (Å²) in [5, 5.41) is 0.778. The van der Waals surface area contributed by atoms with Crippen molar-refractivity contribution in [3.8, 4) is 0 Å². The molecule has 110 valence electrons. The molecule has 0 radical (unpaired) electrons. The van der Waals surface area contributed by atoms with Gasteiger partial charge in [0.2, 0.25) is 0 Å². The van der Waals surface area contributed by atoms with Crippen LogP contribution in [0.5, 0.6) is 0 Å². The molecule has 2 N–H and O–H groups in total. The zero-order chi connectivity index (χ0) is 15.5. The number of fused-ring (bicyclic) bond motifs is 1. The third-order valence-electron chi connectivity index (χ3n) is 3.16. The predicted molar refractivity (Wildman–Crippen MR) is 82.0 cm³/mol. The van der Waals surface area contributed by atoms with Crippen LogP contribution in [0, 0.1) is 6.92 Å². The molecule has 2 heterocycles. The van der Waals surface area contributed by atoms with Crippen molar-refractivity contribution in [2.45, 2.75) is 13.5 Å². The van der Waals surface area contributed by atoms with E-state index in [2.05, 4.69) is 15.0 Å². The van der Waals surface area contributed by atoms with Crippen LogP contribution in [0.25, 0.3) is 10.9 Å². The van der Waals surface area contributed by atoms with E-state index < -0.39 is 5.97 Å². The predicted octanol–water partition coefficient (Wildman–Crippen LogP) is 2.27. The largest absolute Gasteiger partial charge is 0.454 e. The molecule has 0 bridgehead atoms. The Labute approximate surface area is 127 Å². The van der Waals surface area contributed by atoms with Crippen LogP contribution < -0.4 is 5.73 Å². The van der Waals surface area contributed by atoms with Gasteiger partial charge in [0.15, 0.2) is 12.4 Å². The van der Waals surface area contributed by atoms with Crippen LogP contribution in [0.4, 0.5) is 5.82 Å². The topological polar surface area (TPSA) is 91.0 Å². The second-order valence-electron chi connectivity index (χ2n) is 4.81. The first-order valence-corrected chi connectivity index (χ1v) is 6.74. The highest BCUT2D eigenvalue weighted by Crippen LogP contribution is 2.17. The Bertz CT molecular complexity index is 831. The van der Waals surface area contributed by atoms with Crippen LogP contribution in [0.1, 0.15) is 21.9 Å². The highest BCUT2D eigenvalue weighted by molar-refractivity contribution is 5.89. The van der Waals surface area contributed by atoms with Crippen molar-refractivity contribution in [3.05, 3.63) is 59.7 Å². The van der Waals surface area contributed by atoms with E-state index in [0.29, 0.717) is 17.2 Å². The molecule has 1 aromatic carbocycles. The van der Waals surface area contributed by atoms with Crippen molar-refractivity contribution in [2.75, 3.05) is 5.73 Å². The van der Waals surface area contributed by atoms with Gasteiger partial charge in [-0.05, 0) is 31.2 Å². The van der Waals surface area contributed by atoms with Gasteiger partial charge in [-0.15, -0.1) is 0 Å². The Kier molecular flexibility index (Phi) is 3.65. The van der Waals surface area contributed by atoms with E-state index >= 15 is 0 Å². The summed E-state index contributed by atoms with van der Waals surface area (Å²) in [5.41, 5.74) is 7.83. The summed E-state index contributed by atoms with van der Waals surface area (Å²) in [6.07, 6.45) is 1.48. The lowest BCUT2D eigenvalue weighted by Gasteiger charge is -2.06. The number of rotatable bonds is 3. The van der Waals surface area contributed by atoms with Gasteiger partial charge in [0, 0.05) is 17.3 Å². The lowest BCUT2D eigenvalue weighted by molar-refractivity contribution is 0.0462. The van der Waals surface area contributed by atoms with Gasteiger partial charge in [-0.1, -0.05) is 12.1 Å². The van der Waals surface area contributed by atoms with Gasteiger partial charge in [-0.2, -0.15) is 0 Å². The number of nitrogens with two attached hydrogens (primary N) is 1.